The number of nitrogens with zero attached hydrogens (tertiary/aromatic N) is 4. The van der Waals surface area contributed by atoms with Crippen molar-refractivity contribution >= 4 is 52.1 Å². The highest BCUT2D eigenvalue weighted by atomic mass is 32.1. The monoisotopic (exact) mass is 436 g/mol. The number of halogens is 1. The van der Waals surface area contributed by atoms with E-state index in [0.29, 0.717) is 5.69 Å². The maximum atomic E-state index is 14.4. The van der Waals surface area contributed by atoms with Gasteiger partial charge in [0.25, 0.3) is 5.91 Å². The minimum atomic E-state index is -0.695. The molecule has 14 heteroatoms. The summed E-state index contributed by atoms with van der Waals surface area (Å²) in [6.45, 7) is 1.72. The van der Waals surface area contributed by atoms with E-state index in [-0.39, 0.29) is 34.8 Å². The Morgan fingerprint density at radius 3 is 2.93 bits per heavy atom. The molecule has 0 radical (unpaired) electrons. The van der Waals surface area contributed by atoms with Crippen LogP contribution in [0.5, 0.6) is 0 Å². The lowest BCUT2D eigenvalue weighted by Crippen LogP contribution is -2.33. The number of rotatable bonds is 8. The Bertz CT molecular complexity index is 997. The van der Waals surface area contributed by atoms with Gasteiger partial charge in [0, 0.05) is 6.92 Å². The number of hydrogen-bond acceptors (Lipinski definition) is 9. The highest BCUT2D eigenvalue weighted by molar-refractivity contribution is 7.17. The lowest BCUT2D eigenvalue weighted by molar-refractivity contribution is -0.119. The SMILES string of the molecule is CC(=O)NCC1CN(c2ccc(N=CNNc3nnc(C(N)=O)s3)c(F)c2)C(=O)O1. The van der Waals surface area contributed by atoms with Crippen LogP contribution in [0.1, 0.15) is 16.7 Å². The second-order valence-corrected chi connectivity index (χ2v) is 6.97. The Kier molecular flexibility index (Phi) is 6.36. The molecule has 1 aliphatic heterocycles. The second-order valence-electron chi connectivity index (χ2n) is 5.99. The molecule has 0 spiro atoms. The Balaban J connectivity index is 1.56. The van der Waals surface area contributed by atoms with Crippen molar-refractivity contribution in [1.82, 2.24) is 20.9 Å². The van der Waals surface area contributed by atoms with Crippen molar-refractivity contribution in [3.8, 4) is 0 Å². The average Bonchev–Trinajstić information content (AvgIpc) is 3.31. The molecule has 1 aromatic heterocycles. The summed E-state index contributed by atoms with van der Waals surface area (Å²) in [5.41, 5.74) is 10.6. The second kappa shape index (κ2) is 9.13. The van der Waals surface area contributed by atoms with Crippen molar-refractivity contribution in [2.24, 2.45) is 10.7 Å². The third-order valence-electron chi connectivity index (χ3n) is 3.78. The van der Waals surface area contributed by atoms with Crippen LogP contribution in [0.4, 0.5) is 25.7 Å². The maximum Gasteiger partial charge on any atom is 0.414 e. The number of carbonyl (C=O) groups excluding carboxylic acids is 3. The largest absolute Gasteiger partial charge is 0.442 e. The number of aliphatic imine (C=N–C) groups is 1. The van der Waals surface area contributed by atoms with Crippen molar-refractivity contribution in [3.63, 3.8) is 0 Å². The zero-order valence-corrected chi connectivity index (χ0v) is 16.4. The van der Waals surface area contributed by atoms with Crippen LogP contribution in [0.3, 0.4) is 0 Å². The van der Waals surface area contributed by atoms with Gasteiger partial charge < -0.3 is 15.8 Å². The van der Waals surface area contributed by atoms with Gasteiger partial charge in [-0.25, -0.2) is 14.2 Å². The number of aromatic nitrogens is 2. The minimum absolute atomic E-state index is 0.0190. The first-order valence-corrected chi connectivity index (χ1v) is 9.34. The fraction of sp³-hybridized carbons (Fsp3) is 0.250. The molecule has 3 rings (SSSR count). The predicted octanol–water partition coefficient (Wildman–Crippen LogP) is 0.514. The standard InChI is InChI=1S/C16H17FN8O4S/c1-8(26)19-5-10-6-25(16(28)29-10)9-2-3-12(11(17)4-9)20-7-21-23-15-24-22-14(30-15)13(18)27/h2-4,7,10H,5-6H2,1H3,(H2,18,27)(H,19,26)(H,20,21)(H,23,24). The van der Waals surface area contributed by atoms with Gasteiger partial charge in [0.15, 0.2) is 5.82 Å². The molecular formula is C16H17FN8O4S. The summed E-state index contributed by atoms with van der Waals surface area (Å²) in [7, 11) is 0. The van der Waals surface area contributed by atoms with Crippen molar-refractivity contribution in [2.45, 2.75) is 13.0 Å². The summed E-state index contributed by atoms with van der Waals surface area (Å²) in [5.74, 6) is -1.59. The average molecular weight is 436 g/mol. The third-order valence-corrected chi connectivity index (χ3v) is 4.63. The molecule has 1 atom stereocenters. The van der Waals surface area contributed by atoms with E-state index < -0.39 is 23.9 Å². The van der Waals surface area contributed by atoms with Gasteiger partial charge in [-0.15, -0.1) is 10.2 Å². The lowest BCUT2D eigenvalue weighted by Gasteiger charge is -2.13. The number of nitrogens with two attached hydrogens (primary N) is 1. The van der Waals surface area contributed by atoms with E-state index in [4.69, 9.17) is 10.5 Å². The van der Waals surface area contributed by atoms with E-state index in [9.17, 15) is 18.8 Å². The highest BCUT2D eigenvalue weighted by Gasteiger charge is 2.32. The molecule has 1 unspecified atom stereocenters. The molecule has 3 amide bonds. The molecule has 0 aliphatic carbocycles. The number of primary amides is 1. The first-order valence-electron chi connectivity index (χ1n) is 8.53. The van der Waals surface area contributed by atoms with Crippen molar-refractivity contribution in [3.05, 3.63) is 29.0 Å². The summed E-state index contributed by atoms with van der Waals surface area (Å²) in [5, 5.41) is 10.1. The molecule has 30 heavy (non-hydrogen) atoms. The number of amides is 3. The van der Waals surface area contributed by atoms with E-state index >= 15 is 0 Å². The highest BCUT2D eigenvalue weighted by Crippen LogP contribution is 2.27. The number of benzene rings is 1. The maximum absolute atomic E-state index is 14.4. The number of cyclic esters (lactones) is 1. The van der Waals surface area contributed by atoms with Crippen LogP contribution in [0.2, 0.25) is 0 Å². The van der Waals surface area contributed by atoms with E-state index in [2.05, 4.69) is 31.4 Å². The van der Waals surface area contributed by atoms with Gasteiger partial charge in [-0.1, -0.05) is 11.3 Å². The molecule has 2 aromatic rings. The summed E-state index contributed by atoms with van der Waals surface area (Å²) >= 11 is 0.933. The van der Waals surface area contributed by atoms with E-state index in [1.165, 1.54) is 30.3 Å². The van der Waals surface area contributed by atoms with Gasteiger partial charge in [-0.3, -0.25) is 25.3 Å². The van der Waals surface area contributed by atoms with Crippen LogP contribution < -0.4 is 26.8 Å². The summed E-state index contributed by atoms with van der Waals surface area (Å²) in [6.07, 6.45) is 0.0314. The van der Waals surface area contributed by atoms with E-state index in [0.717, 1.165) is 17.4 Å². The zero-order valence-electron chi connectivity index (χ0n) is 15.6. The molecular weight excluding hydrogens is 419 g/mol. The van der Waals surface area contributed by atoms with Gasteiger partial charge in [0.2, 0.25) is 16.0 Å². The van der Waals surface area contributed by atoms with Gasteiger partial charge in [0.05, 0.1) is 18.8 Å². The predicted molar refractivity (Wildman–Crippen MR) is 106 cm³/mol. The van der Waals surface area contributed by atoms with Crippen molar-refractivity contribution < 1.29 is 23.5 Å². The van der Waals surface area contributed by atoms with Crippen LogP contribution in [-0.4, -0.2) is 53.6 Å². The molecule has 1 aromatic carbocycles. The molecule has 2 heterocycles. The van der Waals surface area contributed by atoms with E-state index in [1.807, 2.05) is 0 Å². The van der Waals surface area contributed by atoms with Crippen LogP contribution in [0.15, 0.2) is 23.2 Å². The number of ether oxygens (including phenoxy) is 1. The first-order chi connectivity index (χ1) is 14.3. The number of hydrogen-bond donors (Lipinski definition) is 4. The normalized spacial score (nSPS) is 15.9. The van der Waals surface area contributed by atoms with Gasteiger partial charge in [0.1, 0.15) is 18.1 Å². The van der Waals surface area contributed by atoms with Gasteiger partial charge in [-0.05, 0) is 18.2 Å². The van der Waals surface area contributed by atoms with Crippen molar-refractivity contribution in [2.75, 3.05) is 23.4 Å². The van der Waals surface area contributed by atoms with Crippen LogP contribution >= 0.6 is 11.3 Å². The summed E-state index contributed by atoms with van der Waals surface area (Å²) in [4.78, 5) is 39.1. The van der Waals surface area contributed by atoms with Crippen molar-refractivity contribution in [1.29, 1.82) is 0 Å². The molecule has 1 aliphatic rings. The topological polar surface area (TPSA) is 164 Å². The minimum Gasteiger partial charge on any atom is -0.442 e. The van der Waals surface area contributed by atoms with Crippen LogP contribution in [0, 0.1) is 5.82 Å². The number of hydrazine groups is 1. The molecule has 1 saturated heterocycles. The number of anilines is 2. The fourth-order valence-corrected chi connectivity index (χ4v) is 2.99. The van der Waals surface area contributed by atoms with Gasteiger partial charge >= 0.3 is 6.09 Å². The summed E-state index contributed by atoms with van der Waals surface area (Å²) < 4.78 is 19.5. The molecule has 158 valence electrons. The van der Waals surface area contributed by atoms with E-state index in [1.54, 1.807) is 0 Å². The molecule has 0 saturated carbocycles. The first kappa shape index (κ1) is 20.9. The molecule has 1 fully saturated rings. The Morgan fingerprint density at radius 1 is 1.47 bits per heavy atom. The van der Waals surface area contributed by atoms with Crippen LogP contribution in [-0.2, 0) is 9.53 Å². The molecule has 12 nitrogen and oxygen atoms in total. The third kappa shape index (κ3) is 5.16. The van der Waals surface area contributed by atoms with Gasteiger partial charge in [-0.2, -0.15) is 0 Å². The number of nitrogens with one attached hydrogen (secondary N) is 3. The zero-order chi connectivity index (χ0) is 21.7. The molecule has 5 N–H and O–H groups in total. The smallest absolute Gasteiger partial charge is 0.414 e. The Hall–Kier alpha value is -3.81. The fourth-order valence-electron chi connectivity index (χ4n) is 2.43. The quantitative estimate of drug-likeness (QED) is 0.264. The molecule has 0 bridgehead atoms. The van der Waals surface area contributed by atoms with Crippen LogP contribution in [0.25, 0.3) is 0 Å². The number of carbonyl (C=O) groups is 3. The lowest BCUT2D eigenvalue weighted by atomic mass is 10.2. The Morgan fingerprint density at radius 2 is 2.27 bits per heavy atom. The summed E-state index contributed by atoms with van der Waals surface area (Å²) in [6, 6.07) is 4.08. The Labute approximate surface area is 173 Å².